The molecule has 0 aliphatic heterocycles. The maximum Gasteiger partial charge on any atom is 0.274 e. The normalized spacial score (nSPS) is 11.2. The average Bonchev–Trinajstić information content (AvgIpc) is 3.51. The zero-order valence-electron chi connectivity index (χ0n) is 18.9. The van der Waals surface area contributed by atoms with Crippen LogP contribution in [-0.2, 0) is 19.5 Å². The van der Waals surface area contributed by atoms with Crippen molar-refractivity contribution in [2.75, 3.05) is 5.75 Å². The quantitative estimate of drug-likeness (QED) is 0.0897. The van der Waals surface area contributed by atoms with E-state index in [1.54, 1.807) is 47.2 Å². The fraction of sp³-hybridized carbons (Fsp3) is 0.154. The summed E-state index contributed by atoms with van der Waals surface area (Å²) in [5, 5.41) is 1.00. The first-order valence-electron chi connectivity index (χ1n) is 11.1. The minimum absolute atomic E-state index is 0.0817. The van der Waals surface area contributed by atoms with Crippen LogP contribution in [0.4, 0.5) is 0 Å². The fourth-order valence-electron chi connectivity index (χ4n) is 3.75. The van der Waals surface area contributed by atoms with Crippen molar-refractivity contribution in [1.82, 2.24) is 14.1 Å². The van der Waals surface area contributed by atoms with E-state index in [1.165, 1.54) is 28.7 Å². The number of thioether (sulfide) groups is 1. The number of Topliss-reactive ketones (excluding diaryl/α,β-unsaturated/α-hetero) is 1. The van der Waals surface area contributed by atoms with Gasteiger partial charge >= 0.3 is 0 Å². The van der Waals surface area contributed by atoms with Crippen LogP contribution in [-0.4, -0.2) is 25.7 Å². The Balaban J connectivity index is 1.51. The van der Waals surface area contributed by atoms with Gasteiger partial charge in [0.15, 0.2) is 20.5 Å². The second-order valence-electron chi connectivity index (χ2n) is 7.99. The van der Waals surface area contributed by atoms with Gasteiger partial charge in [-0.15, -0.1) is 0 Å². The lowest BCUT2D eigenvalue weighted by molar-refractivity contribution is 0.102. The van der Waals surface area contributed by atoms with E-state index < -0.39 is 0 Å². The predicted octanol–water partition coefficient (Wildman–Crippen LogP) is 6.50. The summed E-state index contributed by atoms with van der Waals surface area (Å²) in [4.78, 5) is 31.3. The van der Waals surface area contributed by atoms with Crippen LogP contribution in [0.3, 0.4) is 0 Å². The van der Waals surface area contributed by atoms with Crippen LogP contribution >= 0.6 is 46.9 Å². The van der Waals surface area contributed by atoms with Gasteiger partial charge in [0.25, 0.3) is 5.56 Å². The zero-order chi connectivity index (χ0) is 25.1. The maximum absolute atomic E-state index is 13.6. The largest absolute Gasteiger partial charge is 0.467 e. The van der Waals surface area contributed by atoms with Gasteiger partial charge in [0.05, 0.1) is 18.6 Å². The predicted molar refractivity (Wildman–Crippen MR) is 147 cm³/mol. The number of carbonyl (C=O) groups is 1. The molecule has 0 radical (unpaired) electrons. The molecule has 0 saturated heterocycles. The highest BCUT2D eigenvalue weighted by Gasteiger charge is 2.19. The van der Waals surface area contributed by atoms with E-state index in [1.807, 2.05) is 22.8 Å². The van der Waals surface area contributed by atoms with Crippen LogP contribution in [0.15, 0.2) is 87.4 Å². The van der Waals surface area contributed by atoms with Gasteiger partial charge in [-0.1, -0.05) is 65.0 Å². The number of halogens is 1. The van der Waals surface area contributed by atoms with E-state index in [-0.39, 0.29) is 23.6 Å². The third-order valence-corrected chi connectivity index (χ3v) is 8.25. The van der Waals surface area contributed by atoms with E-state index in [0.29, 0.717) is 42.3 Å². The Kier molecular flexibility index (Phi) is 7.52. The number of aryl methyl sites for hydroxylation is 2. The number of furan rings is 1. The highest BCUT2D eigenvalue weighted by molar-refractivity contribution is 7.99. The lowest BCUT2D eigenvalue weighted by Crippen LogP contribution is -2.24. The second kappa shape index (κ2) is 11.0. The molecule has 3 heterocycles. The summed E-state index contributed by atoms with van der Waals surface area (Å²) in [5.74, 6) is 0.658. The lowest BCUT2D eigenvalue weighted by atomic mass is 10.1. The molecule has 0 aliphatic carbocycles. The number of carbonyl (C=O) groups excluding carboxylic acids is 1. The summed E-state index contributed by atoms with van der Waals surface area (Å²) in [6, 6.07) is 20.4. The van der Waals surface area contributed by atoms with Crippen molar-refractivity contribution < 1.29 is 9.21 Å². The van der Waals surface area contributed by atoms with Gasteiger partial charge in [-0.2, -0.15) is 0 Å². The number of nitrogens with zero attached hydrogens (tertiary/aromatic N) is 3. The molecule has 0 amide bonds. The molecule has 3 aromatic heterocycles. The molecule has 0 unspecified atom stereocenters. The number of benzene rings is 2. The van der Waals surface area contributed by atoms with Crippen LogP contribution in [0.1, 0.15) is 21.7 Å². The lowest BCUT2D eigenvalue weighted by Gasteiger charge is -2.12. The first kappa shape index (κ1) is 24.7. The zero-order valence-corrected chi connectivity index (χ0v) is 22.1. The van der Waals surface area contributed by atoms with Gasteiger partial charge in [0, 0.05) is 17.1 Å². The van der Waals surface area contributed by atoms with Crippen molar-refractivity contribution in [2.45, 2.75) is 24.7 Å². The number of fused-ring (bicyclic) bond motifs is 1. The molecule has 0 atom stereocenters. The van der Waals surface area contributed by atoms with Crippen molar-refractivity contribution in [1.29, 1.82) is 0 Å². The molecule has 0 bridgehead atoms. The molecule has 6 nitrogen and oxygen atoms in total. The molecule has 0 fully saturated rings. The number of rotatable bonds is 9. The molecule has 5 rings (SSSR count). The van der Waals surface area contributed by atoms with Crippen molar-refractivity contribution in [3.8, 4) is 0 Å². The fourth-order valence-corrected chi connectivity index (χ4v) is 6.09. The Morgan fingerprint density at radius 2 is 1.83 bits per heavy atom. The Hall–Kier alpha value is -2.98. The number of ketones is 1. The summed E-state index contributed by atoms with van der Waals surface area (Å²) in [6.07, 6.45) is 2.32. The third-order valence-electron chi connectivity index (χ3n) is 5.60. The maximum atomic E-state index is 13.6. The third kappa shape index (κ3) is 5.39. The average molecular weight is 554 g/mol. The first-order valence-corrected chi connectivity index (χ1v) is 13.7. The molecule has 182 valence electrons. The molecule has 0 N–H and O–H groups in total. The summed E-state index contributed by atoms with van der Waals surface area (Å²) in [6.45, 7) is 0.812. The van der Waals surface area contributed by atoms with Crippen LogP contribution in [0.25, 0.3) is 10.3 Å². The van der Waals surface area contributed by atoms with Gasteiger partial charge in [-0.3, -0.25) is 14.2 Å². The number of hydrogen-bond acceptors (Lipinski definition) is 7. The summed E-state index contributed by atoms with van der Waals surface area (Å²) < 4.78 is 10.0. The highest BCUT2D eigenvalue weighted by Crippen LogP contribution is 2.25. The van der Waals surface area contributed by atoms with Gasteiger partial charge in [0.1, 0.15) is 10.5 Å². The number of aromatic nitrogens is 3. The van der Waals surface area contributed by atoms with Crippen molar-refractivity contribution in [3.05, 3.63) is 109 Å². The summed E-state index contributed by atoms with van der Waals surface area (Å²) >= 11 is 14.0. The van der Waals surface area contributed by atoms with Gasteiger partial charge in [0.2, 0.25) is 0 Å². The van der Waals surface area contributed by atoms with Crippen molar-refractivity contribution in [3.63, 3.8) is 0 Å². The summed E-state index contributed by atoms with van der Waals surface area (Å²) in [7, 11) is 0. The Labute approximate surface area is 225 Å². The van der Waals surface area contributed by atoms with E-state index >= 15 is 0 Å². The van der Waals surface area contributed by atoms with E-state index in [9.17, 15) is 9.59 Å². The van der Waals surface area contributed by atoms with Gasteiger partial charge < -0.3 is 8.98 Å². The van der Waals surface area contributed by atoms with E-state index in [0.717, 1.165) is 6.42 Å². The Morgan fingerprint density at radius 3 is 2.56 bits per heavy atom. The molecule has 2 aromatic carbocycles. The molecule has 5 aromatic rings. The van der Waals surface area contributed by atoms with Crippen molar-refractivity contribution in [2.24, 2.45) is 0 Å². The number of thiazole rings is 1. The van der Waals surface area contributed by atoms with E-state index in [4.69, 9.17) is 33.2 Å². The topological polar surface area (TPSA) is 70.0 Å². The molecular formula is C26H20ClN3O3S3. The first-order chi connectivity index (χ1) is 17.5. The smallest absolute Gasteiger partial charge is 0.274 e. The molecule has 10 heteroatoms. The SMILES string of the molecule is O=C(CSc1nc2c(sc(=S)n2CCc2ccccc2)c(=O)n1Cc1ccco1)c1ccc(Cl)cc1. The van der Waals surface area contributed by atoms with Crippen LogP contribution in [0.2, 0.25) is 5.02 Å². The minimum atomic E-state index is -0.201. The minimum Gasteiger partial charge on any atom is -0.467 e. The van der Waals surface area contributed by atoms with Crippen LogP contribution in [0.5, 0.6) is 0 Å². The van der Waals surface area contributed by atoms with Crippen LogP contribution < -0.4 is 5.56 Å². The standard InChI is InChI=1S/C26H20ClN3O3S3/c27-19-10-8-18(9-11-19)21(31)16-35-25-28-23-22(24(32)30(25)15-20-7-4-14-33-20)36-26(34)29(23)13-12-17-5-2-1-3-6-17/h1-11,14H,12-13,15-16H2. The molecule has 0 spiro atoms. The number of hydrogen-bond donors (Lipinski definition) is 0. The van der Waals surface area contributed by atoms with Crippen molar-refractivity contribution >= 4 is 63.0 Å². The Bertz CT molecular complexity index is 1620. The van der Waals surface area contributed by atoms with Crippen LogP contribution in [0, 0.1) is 3.95 Å². The molecule has 0 aliphatic rings. The Morgan fingerprint density at radius 1 is 1.06 bits per heavy atom. The van der Waals surface area contributed by atoms with Gasteiger partial charge in [-0.05, 0) is 60.6 Å². The monoisotopic (exact) mass is 553 g/mol. The highest BCUT2D eigenvalue weighted by atomic mass is 35.5. The molecule has 0 saturated carbocycles. The molecule has 36 heavy (non-hydrogen) atoms. The second-order valence-corrected chi connectivity index (χ2v) is 11.0. The van der Waals surface area contributed by atoms with E-state index in [2.05, 4.69) is 12.1 Å². The van der Waals surface area contributed by atoms with Gasteiger partial charge in [-0.25, -0.2) is 4.98 Å². The molecular weight excluding hydrogens is 534 g/mol. The summed E-state index contributed by atoms with van der Waals surface area (Å²) in [5.41, 5.74) is 2.07.